The van der Waals surface area contributed by atoms with Crippen molar-refractivity contribution >= 4 is 15.6 Å². The molecular weight excluding hydrogens is 224 g/mol. The van der Waals surface area contributed by atoms with Crippen LogP contribution in [0.25, 0.3) is 0 Å². The van der Waals surface area contributed by atoms with E-state index in [2.05, 4.69) is 0 Å². The van der Waals surface area contributed by atoms with Gasteiger partial charge in [-0.1, -0.05) is 12.8 Å². The molecule has 0 saturated heterocycles. The Morgan fingerprint density at radius 3 is 2.06 bits per heavy atom. The molecule has 2 rings (SSSR count). The van der Waals surface area contributed by atoms with Gasteiger partial charge in [0.15, 0.2) is 0 Å². The first-order valence-electron chi connectivity index (χ1n) is 6.21. The first-order valence-corrected chi connectivity index (χ1v) is 8.16. The van der Waals surface area contributed by atoms with Gasteiger partial charge in [0.25, 0.3) is 0 Å². The summed E-state index contributed by atoms with van der Waals surface area (Å²) in [6, 6.07) is 0. The molecule has 0 bridgehead atoms. The van der Waals surface area contributed by atoms with Crippen LogP contribution in [0.3, 0.4) is 0 Å². The zero-order valence-electron chi connectivity index (χ0n) is 9.81. The number of ketones is 1. The maximum Gasteiger partial charge on any atom is 0.150 e. The zero-order valence-corrected chi connectivity index (χ0v) is 10.6. The molecular formula is C12H20O3S. The molecule has 3 nitrogen and oxygen atoms in total. The zero-order chi connectivity index (χ0) is 11.8. The van der Waals surface area contributed by atoms with Crippen molar-refractivity contribution in [3.63, 3.8) is 0 Å². The minimum absolute atomic E-state index is 0.0266. The molecule has 0 N–H and O–H groups in total. The molecule has 0 aliphatic heterocycles. The lowest BCUT2D eigenvalue weighted by Gasteiger charge is -2.32. The Kier molecular flexibility index (Phi) is 3.38. The topological polar surface area (TPSA) is 51.2 Å². The Balaban J connectivity index is 1.98. The Morgan fingerprint density at radius 1 is 1.00 bits per heavy atom. The second kappa shape index (κ2) is 4.47. The van der Waals surface area contributed by atoms with Crippen molar-refractivity contribution in [3.05, 3.63) is 0 Å². The summed E-state index contributed by atoms with van der Waals surface area (Å²) in [7, 11) is -2.96. The third-order valence-electron chi connectivity index (χ3n) is 4.14. The van der Waals surface area contributed by atoms with Gasteiger partial charge in [0.1, 0.15) is 15.6 Å². The number of sulfone groups is 1. The van der Waals surface area contributed by atoms with Crippen LogP contribution in [0.4, 0.5) is 0 Å². The summed E-state index contributed by atoms with van der Waals surface area (Å²) in [4.78, 5) is 12.1. The second-order valence-corrected chi connectivity index (χ2v) is 7.67. The van der Waals surface area contributed by atoms with Gasteiger partial charge in [-0.15, -0.1) is 0 Å². The van der Waals surface area contributed by atoms with Gasteiger partial charge >= 0.3 is 0 Å². The van der Waals surface area contributed by atoms with Crippen LogP contribution >= 0.6 is 0 Å². The maximum absolute atomic E-state index is 12.1. The molecule has 0 aromatic carbocycles. The molecule has 0 heterocycles. The Bertz CT molecular complexity index is 368. The number of hydrogen-bond donors (Lipinski definition) is 0. The van der Waals surface area contributed by atoms with E-state index in [0.717, 1.165) is 32.1 Å². The quantitative estimate of drug-likeness (QED) is 0.762. The summed E-state index contributed by atoms with van der Waals surface area (Å²) >= 11 is 0. The smallest absolute Gasteiger partial charge is 0.150 e. The standard InChI is InChI=1S/C12H20O3S/c1-16(14,15)11-7-3-6-10(8-11)12(13)9-4-2-5-9/h9-11H,2-8H2,1H3. The van der Waals surface area contributed by atoms with Crippen LogP contribution < -0.4 is 0 Å². The highest BCUT2D eigenvalue weighted by Gasteiger charge is 2.36. The van der Waals surface area contributed by atoms with E-state index < -0.39 is 9.84 Å². The van der Waals surface area contributed by atoms with E-state index in [4.69, 9.17) is 0 Å². The Labute approximate surface area is 97.5 Å². The SMILES string of the molecule is CS(=O)(=O)C1CCCC(C(=O)C2CCC2)C1. The molecule has 0 amide bonds. The van der Waals surface area contributed by atoms with Crippen molar-refractivity contribution in [2.45, 2.75) is 50.2 Å². The first kappa shape index (κ1) is 12.1. The summed E-state index contributed by atoms with van der Waals surface area (Å²) in [5, 5.41) is -0.268. The van der Waals surface area contributed by atoms with Crippen LogP contribution in [-0.2, 0) is 14.6 Å². The third-order valence-corrected chi connectivity index (χ3v) is 5.78. The number of carbonyl (C=O) groups excluding carboxylic acids is 1. The van der Waals surface area contributed by atoms with Crippen LogP contribution in [0.1, 0.15) is 44.9 Å². The average Bonchev–Trinajstić information content (AvgIpc) is 2.14. The molecule has 2 saturated carbocycles. The number of hydrogen-bond acceptors (Lipinski definition) is 3. The number of carbonyl (C=O) groups is 1. The van der Waals surface area contributed by atoms with Crippen LogP contribution in [0.15, 0.2) is 0 Å². The Morgan fingerprint density at radius 2 is 1.56 bits per heavy atom. The molecule has 0 spiro atoms. The summed E-state index contributed by atoms with van der Waals surface area (Å²) in [5.41, 5.74) is 0. The lowest BCUT2D eigenvalue weighted by atomic mass is 9.74. The lowest BCUT2D eigenvalue weighted by molar-refractivity contribution is -0.130. The summed E-state index contributed by atoms with van der Waals surface area (Å²) < 4.78 is 23.0. The molecule has 16 heavy (non-hydrogen) atoms. The van der Waals surface area contributed by atoms with Crippen LogP contribution in [0.2, 0.25) is 0 Å². The lowest BCUT2D eigenvalue weighted by Crippen LogP contribution is -2.35. The molecule has 0 aromatic heterocycles. The molecule has 2 aliphatic rings. The van der Waals surface area contributed by atoms with Gasteiger partial charge in [0.2, 0.25) is 0 Å². The van der Waals surface area contributed by atoms with E-state index in [-0.39, 0.29) is 17.1 Å². The van der Waals surface area contributed by atoms with Crippen molar-refractivity contribution in [1.82, 2.24) is 0 Å². The molecule has 0 radical (unpaired) electrons. The van der Waals surface area contributed by atoms with Crippen LogP contribution in [0.5, 0.6) is 0 Å². The molecule has 92 valence electrons. The predicted octanol–water partition coefficient (Wildman–Crippen LogP) is 1.96. The molecule has 2 unspecified atom stereocenters. The van der Waals surface area contributed by atoms with Gasteiger partial charge in [0, 0.05) is 18.1 Å². The normalized spacial score (nSPS) is 32.1. The minimum Gasteiger partial charge on any atom is -0.299 e. The summed E-state index contributed by atoms with van der Waals surface area (Å²) in [5.74, 6) is 0.627. The minimum atomic E-state index is -2.96. The molecule has 2 atom stereocenters. The van der Waals surface area contributed by atoms with Gasteiger partial charge in [-0.25, -0.2) is 8.42 Å². The van der Waals surface area contributed by atoms with E-state index in [1.165, 1.54) is 12.7 Å². The maximum atomic E-state index is 12.1. The highest BCUT2D eigenvalue weighted by molar-refractivity contribution is 7.91. The van der Waals surface area contributed by atoms with Gasteiger partial charge in [0.05, 0.1) is 5.25 Å². The molecule has 0 aromatic rings. The Hall–Kier alpha value is -0.380. The third kappa shape index (κ3) is 2.47. The van der Waals surface area contributed by atoms with Crippen molar-refractivity contribution in [1.29, 1.82) is 0 Å². The largest absolute Gasteiger partial charge is 0.299 e. The average molecular weight is 244 g/mol. The fraction of sp³-hybridized carbons (Fsp3) is 0.917. The first-order chi connectivity index (χ1) is 7.48. The van der Waals surface area contributed by atoms with Gasteiger partial charge < -0.3 is 0 Å². The number of Topliss-reactive ketones (excluding diaryl/α,β-unsaturated/α-hetero) is 1. The number of rotatable bonds is 3. The van der Waals surface area contributed by atoms with Gasteiger partial charge in [-0.3, -0.25) is 4.79 Å². The molecule has 4 heteroatoms. The van der Waals surface area contributed by atoms with E-state index >= 15 is 0 Å². The van der Waals surface area contributed by atoms with Crippen molar-refractivity contribution in [2.24, 2.45) is 11.8 Å². The van der Waals surface area contributed by atoms with E-state index in [1.807, 2.05) is 0 Å². The second-order valence-electron chi connectivity index (χ2n) is 5.35. The van der Waals surface area contributed by atoms with Crippen molar-refractivity contribution in [2.75, 3.05) is 6.26 Å². The van der Waals surface area contributed by atoms with E-state index in [1.54, 1.807) is 0 Å². The monoisotopic (exact) mass is 244 g/mol. The predicted molar refractivity (Wildman–Crippen MR) is 62.9 cm³/mol. The van der Waals surface area contributed by atoms with E-state index in [0.29, 0.717) is 12.2 Å². The molecule has 2 aliphatic carbocycles. The van der Waals surface area contributed by atoms with E-state index in [9.17, 15) is 13.2 Å². The van der Waals surface area contributed by atoms with Crippen molar-refractivity contribution < 1.29 is 13.2 Å². The highest BCUT2D eigenvalue weighted by Crippen LogP contribution is 2.36. The van der Waals surface area contributed by atoms with Gasteiger partial charge in [-0.05, 0) is 32.1 Å². The highest BCUT2D eigenvalue weighted by atomic mass is 32.2. The van der Waals surface area contributed by atoms with Crippen LogP contribution in [-0.4, -0.2) is 25.7 Å². The molecule has 2 fully saturated rings. The van der Waals surface area contributed by atoms with Gasteiger partial charge in [-0.2, -0.15) is 0 Å². The summed E-state index contributed by atoms with van der Waals surface area (Å²) in [6.45, 7) is 0. The summed E-state index contributed by atoms with van der Waals surface area (Å²) in [6.07, 6.45) is 7.63. The van der Waals surface area contributed by atoms with Crippen molar-refractivity contribution in [3.8, 4) is 0 Å². The van der Waals surface area contributed by atoms with Crippen LogP contribution in [0, 0.1) is 11.8 Å². The fourth-order valence-electron chi connectivity index (χ4n) is 2.82. The fourth-order valence-corrected chi connectivity index (χ4v) is 4.00.